The highest BCUT2D eigenvalue weighted by molar-refractivity contribution is 6.00. The van der Waals surface area contributed by atoms with E-state index in [0.717, 1.165) is 22.0 Å². The van der Waals surface area contributed by atoms with E-state index in [1.807, 2.05) is 31.2 Å². The maximum absolute atomic E-state index is 12.2. The molecule has 1 aliphatic heterocycles. The van der Waals surface area contributed by atoms with E-state index < -0.39 is 5.97 Å². The number of H-pyrrole nitrogens is 1. The number of hydrogen-bond donors (Lipinski definition) is 2. The Balaban J connectivity index is 1.96. The van der Waals surface area contributed by atoms with Crippen LogP contribution in [0.15, 0.2) is 30.5 Å². The van der Waals surface area contributed by atoms with Gasteiger partial charge < -0.3 is 10.1 Å². The van der Waals surface area contributed by atoms with Gasteiger partial charge in [-0.25, -0.2) is 4.79 Å². The molecule has 1 aliphatic rings. The van der Waals surface area contributed by atoms with Crippen molar-refractivity contribution in [3.63, 3.8) is 0 Å². The normalized spacial score (nSPS) is 16.4. The Bertz CT molecular complexity index is 1010. The summed E-state index contributed by atoms with van der Waals surface area (Å²) in [7, 11) is 1.32. The van der Waals surface area contributed by atoms with Crippen molar-refractivity contribution in [2.45, 2.75) is 19.3 Å². The van der Waals surface area contributed by atoms with Crippen molar-refractivity contribution < 1.29 is 14.3 Å². The minimum atomic E-state index is -0.510. The van der Waals surface area contributed by atoms with Gasteiger partial charge in [0.25, 0.3) is 0 Å². The monoisotopic (exact) mass is 336 g/mol. The number of fused-ring (bicyclic) bond motifs is 2. The van der Waals surface area contributed by atoms with E-state index >= 15 is 0 Å². The van der Waals surface area contributed by atoms with Crippen LogP contribution >= 0.6 is 0 Å². The lowest BCUT2D eigenvalue weighted by Gasteiger charge is -2.24. The summed E-state index contributed by atoms with van der Waals surface area (Å²) in [5.74, 6) is -0.578. The molecule has 0 saturated heterocycles. The van der Waals surface area contributed by atoms with Crippen molar-refractivity contribution in [3.05, 3.63) is 52.8 Å². The summed E-state index contributed by atoms with van der Waals surface area (Å²) in [6, 6.07) is 7.82. The number of rotatable bonds is 2. The second-order valence-electron chi connectivity index (χ2n) is 6.03. The van der Waals surface area contributed by atoms with Crippen LogP contribution < -0.4 is 5.32 Å². The number of nitrogens with zero attached hydrogens (tertiary/aromatic N) is 2. The van der Waals surface area contributed by atoms with Crippen LogP contribution in [0.3, 0.4) is 0 Å². The van der Waals surface area contributed by atoms with E-state index in [4.69, 9.17) is 4.74 Å². The molecule has 2 N–H and O–H groups in total. The number of benzene rings is 1. The van der Waals surface area contributed by atoms with E-state index in [1.165, 1.54) is 7.11 Å². The molecule has 0 radical (unpaired) electrons. The average molecular weight is 336 g/mol. The standard InChI is InChI=1S/C18H16N4O3/c1-9-5-6-10(11-4-3-7-19-15(9)11)12-8-13(23)20-17-14(12)16(21-22-17)18(24)25-2/h3-7,12H,8H2,1-2H3,(H2,20,21,22,23). The molecule has 0 fully saturated rings. The van der Waals surface area contributed by atoms with Crippen molar-refractivity contribution in [2.24, 2.45) is 0 Å². The molecule has 3 aromatic rings. The fraction of sp³-hybridized carbons (Fsp3) is 0.222. The van der Waals surface area contributed by atoms with Crippen LogP contribution in [0.1, 0.15) is 39.5 Å². The number of ether oxygens (including phenoxy) is 1. The van der Waals surface area contributed by atoms with Crippen LogP contribution in [0.25, 0.3) is 10.9 Å². The van der Waals surface area contributed by atoms with Crippen LogP contribution in [0.4, 0.5) is 5.82 Å². The van der Waals surface area contributed by atoms with Crippen molar-refractivity contribution >= 4 is 28.6 Å². The smallest absolute Gasteiger partial charge is 0.356 e. The van der Waals surface area contributed by atoms with Crippen LogP contribution in [-0.4, -0.2) is 34.2 Å². The number of pyridine rings is 1. The highest BCUT2D eigenvalue weighted by atomic mass is 16.5. The molecule has 2 aromatic heterocycles. The Morgan fingerprint density at radius 1 is 1.32 bits per heavy atom. The predicted molar refractivity (Wildman–Crippen MR) is 91.5 cm³/mol. The minimum absolute atomic E-state index is 0.141. The maximum Gasteiger partial charge on any atom is 0.356 e. The molecule has 0 saturated carbocycles. The van der Waals surface area contributed by atoms with Gasteiger partial charge in [-0.1, -0.05) is 18.2 Å². The lowest BCUT2D eigenvalue weighted by molar-refractivity contribution is -0.116. The zero-order chi connectivity index (χ0) is 17.6. The van der Waals surface area contributed by atoms with Gasteiger partial charge in [-0.15, -0.1) is 0 Å². The Kier molecular flexibility index (Phi) is 3.49. The molecule has 1 amide bonds. The zero-order valence-electron chi connectivity index (χ0n) is 13.8. The molecule has 7 heteroatoms. The molecule has 0 bridgehead atoms. The highest BCUT2D eigenvalue weighted by Crippen LogP contribution is 2.41. The summed E-state index contributed by atoms with van der Waals surface area (Å²) in [5.41, 5.74) is 3.80. The first kappa shape index (κ1) is 15.3. The molecule has 0 aliphatic carbocycles. The lowest BCUT2D eigenvalue weighted by Crippen LogP contribution is -2.24. The number of amides is 1. The lowest BCUT2D eigenvalue weighted by atomic mass is 9.83. The Labute approximate surface area is 143 Å². The summed E-state index contributed by atoms with van der Waals surface area (Å²) in [6.45, 7) is 2.00. The summed E-state index contributed by atoms with van der Waals surface area (Å²) >= 11 is 0. The molecule has 25 heavy (non-hydrogen) atoms. The topological polar surface area (TPSA) is 97.0 Å². The number of nitrogens with one attached hydrogen (secondary N) is 2. The SMILES string of the molecule is COC(=O)c1[nH]nc2c1C(c1ccc(C)c3ncccc13)CC(=O)N2. The molecular weight excluding hydrogens is 320 g/mol. The molecule has 1 aromatic carbocycles. The molecule has 4 rings (SSSR count). The average Bonchev–Trinajstić information content (AvgIpc) is 3.05. The van der Waals surface area contributed by atoms with Crippen molar-refractivity contribution in [2.75, 3.05) is 12.4 Å². The van der Waals surface area contributed by atoms with Gasteiger partial charge in [-0.2, -0.15) is 5.10 Å². The third kappa shape index (κ3) is 2.36. The number of aromatic nitrogens is 3. The van der Waals surface area contributed by atoms with Gasteiger partial charge in [0.15, 0.2) is 5.82 Å². The molecule has 126 valence electrons. The fourth-order valence-electron chi connectivity index (χ4n) is 3.42. The quantitative estimate of drug-likeness (QED) is 0.701. The third-order valence-electron chi connectivity index (χ3n) is 4.57. The van der Waals surface area contributed by atoms with Crippen LogP contribution in [0.2, 0.25) is 0 Å². The number of carbonyl (C=O) groups is 2. The Morgan fingerprint density at radius 2 is 2.16 bits per heavy atom. The van der Waals surface area contributed by atoms with Gasteiger partial charge in [0.1, 0.15) is 5.69 Å². The van der Waals surface area contributed by atoms with E-state index in [-0.39, 0.29) is 23.9 Å². The van der Waals surface area contributed by atoms with Crippen molar-refractivity contribution in [3.8, 4) is 0 Å². The third-order valence-corrected chi connectivity index (χ3v) is 4.57. The van der Waals surface area contributed by atoms with Crippen LogP contribution in [0, 0.1) is 6.92 Å². The largest absolute Gasteiger partial charge is 0.464 e. The minimum Gasteiger partial charge on any atom is -0.464 e. The second kappa shape index (κ2) is 5.70. The number of aryl methyl sites for hydroxylation is 1. The van der Waals surface area contributed by atoms with Crippen molar-refractivity contribution in [1.82, 2.24) is 15.2 Å². The zero-order valence-corrected chi connectivity index (χ0v) is 13.8. The van der Waals surface area contributed by atoms with Gasteiger partial charge in [0.05, 0.1) is 12.6 Å². The first-order valence-corrected chi connectivity index (χ1v) is 7.90. The first-order valence-electron chi connectivity index (χ1n) is 7.90. The van der Waals surface area contributed by atoms with Gasteiger partial charge in [-0.3, -0.25) is 14.9 Å². The van der Waals surface area contributed by atoms with Gasteiger partial charge in [0.2, 0.25) is 5.91 Å². The Hall–Kier alpha value is -3.22. The summed E-state index contributed by atoms with van der Waals surface area (Å²) in [4.78, 5) is 28.7. The van der Waals surface area contributed by atoms with Gasteiger partial charge >= 0.3 is 5.97 Å². The van der Waals surface area contributed by atoms with E-state index in [9.17, 15) is 9.59 Å². The van der Waals surface area contributed by atoms with Crippen LogP contribution in [-0.2, 0) is 9.53 Å². The summed E-state index contributed by atoms with van der Waals surface area (Å²) in [6.07, 6.45) is 1.97. The van der Waals surface area contributed by atoms with E-state index in [1.54, 1.807) is 6.20 Å². The summed E-state index contributed by atoms with van der Waals surface area (Å²) < 4.78 is 4.84. The van der Waals surface area contributed by atoms with Crippen molar-refractivity contribution in [1.29, 1.82) is 0 Å². The van der Waals surface area contributed by atoms with Gasteiger partial charge in [-0.05, 0) is 24.1 Å². The van der Waals surface area contributed by atoms with E-state index in [2.05, 4.69) is 20.5 Å². The number of methoxy groups -OCH3 is 1. The number of anilines is 1. The van der Waals surface area contributed by atoms with Gasteiger partial charge in [0, 0.05) is 29.5 Å². The van der Waals surface area contributed by atoms with Crippen LogP contribution in [0.5, 0.6) is 0 Å². The van der Waals surface area contributed by atoms with E-state index in [0.29, 0.717) is 11.4 Å². The molecular formula is C18H16N4O3. The Morgan fingerprint density at radius 3 is 2.96 bits per heavy atom. The molecule has 7 nitrogen and oxygen atoms in total. The highest BCUT2D eigenvalue weighted by Gasteiger charge is 2.34. The number of hydrogen-bond acceptors (Lipinski definition) is 5. The maximum atomic E-state index is 12.2. The molecule has 3 heterocycles. The number of carbonyl (C=O) groups excluding carboxylic acids is 2. The molecule has 1 atom stereocenters. The molecule has 1 unspecified atom stereocenters. The summed E-state index contributed by atoms with van der Waals surface area (Å²) in [5, 5.41) is 10.4. The predicted octanol–water partition coefficient (Wildman–Crippen LogP) is 2.53. The first-order chi connectivity index (χ1) is 12.1. The number of aromatic amines is 1. The second-order valence-corrected chi connectivity index (χ2v) is 6.03. The molecule has 0 spiro atoms. The number of esters is 1. The fourth-order valence-corrected chi connectivity index (χ4v) is 3.42.